The molecule has 0 spiro atoms. The van der Waals surface area contributed by atoms with Crippen molar-refractivity contribution in [3.05, 3.63) is 41.6 Å². The fraction of sp³-hybridized carbons (Fsp3) is 0.250. The van der Waals surface area contributed by atoms with Crippen LogP contribution in [0.4, 0.5) is 0 Å². The zero-order chi connectivity index (χ0) is 13.2. The molecular formula is C12H11Cl3N2O. The number of aliphatic imine (C=N–C) groups is 1. The molecule has 1 unspecified atom stereocenters. The maximum Gasteiger partial charge on any atom is 0.236 e. The highest BCUT2D eigenvalue weighted by atomic mass is 35.6. The molecular weight excluding hydrogens is 295 g/mol. The van der Waals surface area contributed by atoms with Crippen LogP contribution in [0.2, 0.25) is 0 Å². The standard InChI is InChI=1S/C12H11Cl3N2O/c13-12(14,15)11(18)17-10-7-9-4-2-1-3-8(9)5-6-16-10/h1-6,11,18H,7H2,(H,16,17). The Kier molecular flexibility index (Phi) is 4.17. The predicted molar refractivity (Wildman–Crippen MR) is 76.0 cm³/mol. The molecule has 1 heterocycles. The quantitative estimate of drug-likeness (QED) is 0.784. The summed E-state index contributed by atoms with van der Waals surface area (Å²) >= 11 is 16.7. The van der Waals surface area contributed by atoms with Crippen molar-refractivity contribution in [1.29, 1.82) is 0 Å². The molecule has 18 heavy (non-hydrogen) atoms. The number of benzene rings is 1. The van der Waals surface area contributed by atoms with E-state index in [-0.39, 0.29) is 0 Å². The molecule has 1 aromatic rings. The Morgan fingerprint density at radius 2 is 2.00 bits per heavy atom. The van der Waals surface area contributed by atoms with E-state index in [2.05, 4.69) is 10.3 Å². The van der Waals surface area contributed by atoms with E-state index in [9.17, 15) is 5.11 Å². The number of aliphatic hydroxyl groups is 1. The van der Waals surface area contributed by atoms with E-state index >= 15 is 0 Å². The Balaban J connectivity index is 2.24. The number of hydrogen-bond acceptors (Lipinski definition) is 2. The first-order chi connectivity index (χ1) is 8.47. The van der Waals surface area contributed by atoms with Gasteiger partial charge in [0.2, 0.25) is 3.79 Å². The smallest absolute Gasteiger partial charge is 0.236 e. The van der Waals surface area contributed by atoms with Crippen LogP contribution in [-0.2, 0) is 6.42 Å². The van der Waals surface area contributed by atoms with E-state index in [1.807, 2.05) is 30.3 Å². The van der Waals surface area contributed by atoms with Crippen LogP contribution in [0.25, 0.3) is 6.08 Å². The number of rotatable bonds is 1. The van der Waals surface area contributed by atoms with Gasteiger partial charge < -0.3 is 10.4 Å². The van der Waals surface area contributed by atoms with Crippen molar-refractivity contribution in [2.45, 2.75) is 16.4 Å². The van der Waals surface area contributed by atoms with Gasteiger partial charge in [0.1, 0.15) is 5.84 Å². The predicted octanol–water partition coefficient (Wildman–Crippen LogP) is 2.89. The monoisotopic (exact) mass is 304 g/mol. The minimum absolute atomic E-state index is 0.543. The summed E-state index contributed by atoms with van der Waals surface area (Å²) in [5.74, 6) is 0.551. The Bertz CT molecular complexity index is 494. The van der Waals surface area contributed by atoms with Crippen LogP contribution in [-0.4, -0.2) is 21.0 Å². The summed E-state index contributed by atoms with van der Waals surface area (Å²) in [5, 5.41) is 12.6. The van der Waals surface area contributed by atoms with Crippen molar-refractivity contribution in [1.82, 2.24) is 5.32 Å². The van der Waals surface area contributed by atoms with Crippen LogP contribution < -0.4 is 5.32 Å². The molecule has 0 bridgehead atoms. The summed E-state index contributed by atoms with van der Waals surface area (Å²) in [6.07, 6.45) is 2.82. The van der Waals surface area contributed by atoms with Crippen molar-refractivity contribution in [2.24, 2.45) is 4.99 Å². The molecule has 0 aliphatic carbocycles. The topological polar surface area (TPSA) is 44.6 Å². The molecule has 1 aliphatic rings. The number of amidine groups is 1. The second-order valence-corrected chi connectivity index (χ2v) is 6.21. The Morgan fingerprint density at radius 1 is 1.28 bits per heavy atom. The molecule has 0 saturated carbocycles. The molecule has 6 heteroatoms. The first-order valence-corrected chi connectivity index (χ1v) is 6.42. The summed E-state index contributed by atoms with van der Waals surface area (Å²) < 4.78 is -1.83. The molecule has 0 amide bonds. The molecule has 0 radical (unpaired) electrons. The Morgan fingerprint density at radius 3 is 2.72 bits per heavy atom. The Hall–Kier alpha value is -0.740. The van der Waals surface area contributed by atoms with Crippen molar-refractivity contribution in [2.75, 3.05) is 0 Å². The molecule has 1 atom stereocenters. The average Bonchev–Trinajstić information content (AvgIpc) is 2.49. The maximum atomic E-state index is 9.63. The van der Waals surface area contributed by atoms with E-state index in [4.69, 9.17) is 34.8 Å². The summed E-state index contributed by atoms with van der Waals surface area (Å²) in [4.78, 5) is 3.98. The highest BCUT2D eigenvalue weighted by molar-refractivity contribution is 6.68. The molecule has 96 valence electrons. The number of alkyl halides is 3. The minimum atomic E-state index is -1.83. The molecule has 2 rings (SSSR count). The summed E-state index contributed by atoms with van der Waals surface area (Å²) in [6.45, 7) is 0. The fourth-order valence-corrected chi connectivity index (χ4v) is 1.77. The van der Waals surface area contributed by atoms with E-state index in [1.54, 1.807) is 6.20 Å². The van der Waals surface area contributed by atoms with E-state index < -0.39 is 10.0 Å². The number of fused-ring (bicyclic) bond motifs is 1. The maximum absolute atomic E-state index is 9.63. The van der Waals surface area contributed by atoms with E-state index in [0.717, 1.165) is 11.1 Å². The van der Waals surface area contributed by atoms with Gasteiger partial charge in [0.25, 0.3) is 0 Å². The van der Waals surface area contributed by atoms with E-state index in [1.165, 1.54) is 0 Å². The summed E-state index contributed by atoms with van der Waals surface area (Å²) in [5.41, 5.74) is 2.19. The van der Waals surface area contributed by atoms with Gasteiger partial charge >= 0.3 is 0 Å². The number of nitrogens with one attached hydrogen (secondary N) is 1. The van der Waals surface area contributed by atoms with Crippen molar-refractivity contribution in [3.63, 3.8) is 0 Å². The largest absolute Gasteiger partial charge is 0.368 e. The van der Waals surface area contributed by atoms with Gasteiger partial charge in [0.05, 0.1) is 0 Å². The van der Waals surface area contributed by atoms with Gasteiger partial charge in [-0.1, -0.05) is 59.1 Å². The molecule has 0 saturated heterocycles. The van der Waals surface area contributed by atoms with Crippen molar-refractivity contribution in [3.8, 4) is 0 Å². The first-order valence-electron chi connectivity index (χ1n) is 5.29. The minimum Gasteiger partial charge on any atom is -0.368 e. The number of nitrogens with zero attached hydrogens (tertiary/aromatic N) is 1. The second kappa shape index (κ2) is 5.49. The number of halogens is 3. The second-order valence-electron chi connectivity index (χ2n) is 3.84. The highest BCUT2D eigenvalue weighted by Crippen LogP contribution is 2.31. The van der Waals surface area contributed by atoms with Crippen LogP contribution in [0.3, 0.4) is 0 Å². The van der Waals surface area contributed by atoms with Crippen LogP contribution in [0, 0.1) is 0 Å². The zero-order valence-corrected chi connectivity index (χ0v) is 11.5. The zero-order valence-electron chi connectivity index (χ0n) is 9.28. The average molecular weight is 306 g/mol. The third kappa shape index (κ3) is 3.39. The van der Waals surface area contributed by atoms with Gasteiger partial charge in [-0.05, 0) is 17.2 Å². The summed E-state index contributed by atoms with van der Waals surface area (Å²) in [6, 6.07) is 7.90. The van der Waals surface area contributed by atoms with Gasteiger partial charge in [0.15, 0.2) is 6.23 Å². The molecule has 2 N–H and O–H groups in total. The first kappa shape index (κ1) is 13.7. The molecule has 1 aliphatic heterocycles. The third-order valence-corrected chi connectivity index (χ3v) is 3.08. The van der Waals surface area contributed by atoms with Gasteiger partial charge in [-0.2, -0.15) is 0 Å². The lowest BCUT2D eigenvalue weighted by molar-refractivity contribution is 0.188. The number of hydrogen-bond donors (Lipinski definition) is 2. The normalized spacial score (nSPS) is 19.0. The molecule has 3 nitrogen and oxygen atoms in total. The van der Waals surface area contributed by atoms with Crippen LogP contribution in [0.1, 0.15) is 11.1 Å². The Labute approximate surface area is 120 Å². The van der Waals surface area contributed by atoms with Crippen molar-refractivity contribution < 1.29 is 5.11 Å². The van der Waals surface area contributed by atoms with Gasteiger partial charge in [0, 0.05) is 12.6 Å². The fourth-order valence-electron chi connectivity index (χ4n) is 1.62. The lowest BCUT2D eigenvalue weighted by atomic mass is 10.1. The lowest BCUT2D eigenvalue weighted by Crippen LogP contribution is -2.28. The highest BCUT2D eigenvalue weighted by Gasteiger charge is 2.30. The van der Waals surface area contributed by atoms with Crippen molar-refractivity contribution >= 4 is 46.7 Å². The third-order valence-electron chi connectivity index (χ3n) is 2.50. The molecule has 0 fully saturated rings. The van der Waals surface area contributed by atoms with Crippen LogP contribution >= 0.6 is 34.8 Å². The molecule has 0 aromatic heterocycles. The van der Waals surface area contributed by atoms with Gasteiger partial charge in [-0.3, -0.25) is 0 Å². The number of aliphatic hydroxyl groups excluding tert-OH is 1. The van der Waals surface area contributed by atoms with Crippen LogP contribution in [0.15, 0.2) is 35.5 Å². The summed E-state index contributed by atoms with van der Waals surface area (Å²) in [7, 11) is 0. The lowest BCUT2D eigenvalue weighted by Gasteiger charge is -2.16. The van der Waals surface area contributed by atoms with Gasteiger partial charge in [-0.25, -0.2) is 4.99 Å². The van der Waals surface area contributed by atoms with Crippen LogP contribution in [0.5, 0.6) is 0 Å². The van der Waals surface area contributed by atoms with Gasteiger partial charge in [-0.15, -0.1) is 0 Å². The van der Waals surface area contributed by atoms with E-state index in [0.29, 0.717) is 12.3 Å². The molecule has 1 aromatic carbocycles. The SMILES string of the molecule is OC(/N=C1/Cc2ccccc2C=CN1)C(Cl)(Cl)Cl.